The summed E-state index contributed by atoms with van der Waals surface area (Å²) in [5, 5.41) is 3.21. The summed E-state index contributed by atoms with van der Waals surface area (Å²) in [6.07, 6.45) is 2.74. The Balaban J connectivity index is 2.34. The molecule has 0 saturated carbocycles. The van der Waals surface area contributed by atoms with Crippen molar-refractivity contribution in [2.75, 3.05) is 25.6 Å². The van der Waals surface area contributed by atoms with Gasteiger partial charge in [-0.15, -0.1) is 0 Å². The van der Waals surface area contributed by atoms with E-state index in [1.54, 1.807) is 13.3 Å². The van der Waals surface area contributed by atoms with E-state index in [9.17, 15) is 0 Å². The van der Waals surface area contributed by atoms with Crippen LogP contribution >= 0.6 is 0 Å². The van der Waals surface area contributed by atoms with Crippen LogP contribution < -0.4 is 11.1 Å². The highest BCUT2D eigenvalue weighted by atomic mass is 16.5. The van der Waals surface area contributed by atoms with Gasteiger partial charge in [-0.1, -0.05) is 0 Å². The van der Waals surface area contributed by atoms with Crippen LogP contribution in [-0.4, -0.2) is 25.2 Å². The smallest absolute Gasteiger partial charge is 0.126 e. The van der Waals surface area contributed by atoms with Gasteiger partial charge in [0.2, 0.25) is 0 Å². The molecule has 3 N–H and O–H groups in total. The number of ether oxygens (including phenoxy) is 1. The molecular weight excluding hydrogens is 178 g/mol. The van der Waals surface area contributed by atoms with E-state index in [2.05, 4.69) is 10.3 Å². The van der Waals surface area contributed by atoms with Crippen LogP contribution in [0.3, 0.4) is 0 Å². The number of hydrogen-bond acceptors (Lipinski definition) is 4. The first-order valence-electron chi connectivity index (χ1n) is 4.74. The average molecular weight is 195 g/mol. The maximum atomic E-state index is 5.52. The summed E-state index contributed by atoms with van der Waals surface area (Å²) in [6, 6.07) is 3.88. The predicted molar refractivity (Wildman–Crippen MR) is 57.1 cm³/mol. The Morgan fingerprint density at radius 2 is 2.43 bits per heavy atom. The number of rotatable bonds is 6. The quantitative estimate of drug-likeness (QED) is 0.664. The molecule has 1 aromatic rings. The fourth-order valence-electron chi connectivity index (χ4n) is 1.13. The van der Waals surface area contributed by atoms with Gasteiger partial charge in [-0.2, -0.15) is 0 Å². The molecule has 0 aliphatic carbocycles. The number of aromatic nitrogens is 1. The lowest BCUT2D eigenvalue weighted by Gasteiger charge is -2.05. The van der Waals surface area contributed by atoms with Crippen LogP contribution in [0.15, 0.2) is 18.3 Å². The van der Waals surface area contributed by atoms with Gasteiger partial charge in [-0.05, 0) is 24.1 Å². The second kappa shape index (κ2) is 6.34. The molecular formula is C10H17N3O. The molecule has 0 spiro atoms. The molecule has 0 aromatic carbocycles. The van der Waals surface area contributed by atoms with Gasteiger partial charge in [0, 0.05) is 33.0 Å². The number of anilines is 1. The van der Waals surface area contributed by atoms with E-state index < -0.39 is 0 Å². The third-order valence-corrected chi connectivity index (χ3v) is 1.89. The van der Waals surface area contributed by atoms with Gasteiger partial charge in [0.05, 0.1) is 0 Å². The van der Waals surface area contributed by atoms with Crippen LogP contribution in [0, 0.1) is 0 Å². The van der Waals surface area contributed by atoms with E-state index in [-0.39, 0.29) is 0 Å². The van der Waals surface area contributed by atoms with E-state index in [0.717, 1.165) is 31.0 Å². The molecule has 0 unspecified atom stereocenters. The first-order valence-corrected chi connectivity index (χ1v) is 4.74. The first kappa shape index (κ1) is 10.9. The molecule has 0 radical (unpaired) electrons. The second-order valence-corrected chi connectivity index (χ2v) is 3.03. The fraction of sp³-hybridized carbons (Fsp3) is 0.500. The Morgan fingerprint density at radius 3 is 3.14 bits per heavy atom. The summed E-state index contributed by atoms with van der Waals surface area (Å²) in [7, 11) is 1.70. The molecule has 0 fully saturated rings. The summed E-state index contributed by atoms with van der Waals surface area (Å²) in [4.78, 5) is 4.18. The SMILES string of the molecule is COCCCNc1cc(CN)ccn1. The van der Waals surface area contributed by atoms with Gasteiger partial charge < -0.3 is 15.8 Å². The molecule has 4 heteroatoms. The minimum absolute atomic E-state index is 0.551. The molecule has 1 aromatic heterocycles. The lowest BCUT2D eigenvalue weighted by molar-refractivity contribution is 0.198. The Morgan fingerprint density at radius 1 is 1.57 bits per heavy atom. The van der Waals surface area contributed by atoms with Crippen LogP contribution in [0.5, 0.6) is 0 Å². The summed E-state index contributed by atoms with van der Waals surface area (Å²) in [6.45, 7) is 2.19. The van der Waals surface area contributed by atoms with Gasteiger partial charge in [0.25, 0.3) is 0 Å². The summed E-state index contributed by atoms with van der Waals surface area (Å²) in [5.74, 6) is 0.879. The molecule has 4 nitrogen and oxygen atoms in total. The number of nitrogens with one attached hydrogen (secondary N) is 1. The number of hydrogen-bond donors (Lipinski definition) is 2. The molecule has 0 aliphatic rings. The molecule has 0 atom stereocenters. The lowest BCUT2D eigenvalue weighted by atomic mass is 10.2. The molecule has 1 rings (SSSR count). The highest BCUT2D eigenvalue weighted by molar-refractivity contribution is 5.37. The molecule has 0 bridgehead atoms. The Bertz CT molecular complexity index is 265. The third kappa shape index (κ3) is 3.72. The van der Waals surface area contributed by atoms with E-state index in [1.807, 2.05) is 12.1 Å². The zero-order valence-corrected chi connectivity index (χ0v) is 8.49. The van der Waals surface area contributed by atoms with Crippen LogP contribution in [-0.2, 0) is 11.3 Å². The highest BCUT2D eigenvalue weighted by Crippen LogP contribution is 2.05. The zero-order valence-electron chi connectivity index (χ0n) is 8.49. The highest BCUT2D eigenvalue weighted by Gasteiger charge is 1.94. The molecule has 0 saturated heterocycles. The maximum absolute atomic E-state index is 5.52. The molecule has 0 amide bonds. The largest absolute Gasteiger partial charge is 0.385 e. The van der Waals surface area contributed by atoms with Crippen molar-refractivity contribution in [1.29, 1.82) is 0 Å². The number of pyridine rings is 1. The van der Waals surface area contributed by atoms with Crippen molar-refractivity contribution >= 4 is 5.82 Å². The predicted octanol–water partition coefficient (Wildman–Crippen LogP) is 0.989. The number of nitrogens with zero attached hydrogens (tertiary/aromatic N) is 1. The van der Waals surface area contributed by atoms with Gasteiger partial charge >= 0.3 is 0 Å². The molecule has 1 heterocycles. The van der Waals surface area contributed by atoms with Crippen molar-refractivity contribution < 1.29 is 4.74 Å². The van der Waals surface area contributed by atoms with Gasteiger partial charge in [0.15, 0.2) is 0 Å². The first-order chi connectivity index (χ1) is 6.86. The van der Waals surface area contributed by atoms with Crippen molar-refractivity contribution in [1.82, 2.24) is 4.98 Å². The Hall–Kier alpha value is -1.13. The fourth-order valence-corrected chi connectivity index (χ4v) is 1.13. The third-order valence-electron chi connectivity index (χ3n) is 1.89. The second-order valence-electron chi connectivity index (χ2n) is 3.03. The van der Waals surface area contributed by atoms with Crippen LogP contribution in [0.4, 0.5) is 5.82 Å². The Labute approximate surface area is 84.5 Å². The van der Waals surface area contributed by atoms with Gasteiger partial charge in [-0.25, -0.2) is 4.98 Å². The van der Waals surface area contributed by atoms with Crippen LogP contribution in [0.25, 0.3) is 0 Å². The van der Waals surface area contributed by atoms with Gasteiger partial charge in [0.1, 0.15) is 5.82 Å². The molecule has 14 heavy (non-hydrogen) atoms. The minimum Gasteiger partial charge on any atom is -0.385 e. The van der Waals surface area contributed by atoms with Crippen molar-refractivity contribution in [3.63, 3.8) is 0 Å². The van der Waals surface area contributed by atoms with E-state index >= 15 is 0 Å². The van der Waals surface area contributed by atoms with Crippen molar-refractivity contribution in [3.8, 4) is 0 Å². The standard InChI is InChI=1S/C10H17N3O/c1-14-6-2-4-12-10-7-9(8-11)3-5-13-10/h3,5,7H,2,4,6,8,11H2,1H3,(H,12,13). The lowest BCUT2D eigenvalue weighted by Crippen LogP contribution is -2.06. The van der Waals surface area contributed by atoms with Crippen LogP contribution in [0.1, 0.15) is 12.0 Å². The number of nitrogens with two attached hydrogens (primary N) is 1. The average Bonchev–Trinajstić information content (AvgIpc) is 2.25. The van der Waals surface area contributed by atoms with Crippen LogP contribution in [0.2, 0.25) is 0 Å². The molecule has 78 valence electrons. The monoisotopic (exact) mass is 195 g/mol. The summed E-state index contributed by atoms with van der Waals surface area (Å²) in [5.41, 5.74) is 6.61. The topological polar surface area (TPSA) is 60.2 Å². The van der Waals surface area contributed by atoms with E-state index in [4.69, 9.17) is 10.5 Å². The van der Waals surface area contributed by atoms with Crippen molar-refractivity contribution in [2.45, 2.75) is 13.0 Å². The normalized spacial score (nSPS) is 10.1. The maximum Gasteiger partial charge on any atom is 0.126 e. The zero-order chi connectivity index (χ0) is 10.2. The molecule has 0 aliphatic heterocycles. The van der Waals surface area contributed by atoms with Crippen molar-refractivity contribution in [2.24, 2.45) is 5.73 Å². The van der Waals surface area contributed by atoms with Crippen molar-refractivity contribution in [3.05, 3.63) is 23.9 Å². The van der Waals surface area contributed by atoms with Gasteiger partial charge in [-0.3, -0.25) is 0 Å². The number of methoxy groups -OCH3 is 1. The summed E-state index contributed by atoms with van der Waals surface area (Å²) >= 11 is 0. The van der Waals surface area contributed by atoms with E-state index in [1.165, 1.54) is 0 Å². The minimum atomic E-state index is 0.551. The van der Waals surface area contributed by atoms with E-state index in [0.29, 0.717) is 6.54 Å². The Kier molecular flexibility index (Phi) is 4.96. The summed E-state index contributed by atoms with van der Waals surface area (Å²) < 4.78 is 4.94.